The lowest BCUT2D eigenvalue weighted by Crippen LogP contribution is -2.12. The Morgan fingerprint density at radius 2 is 2.00 bits per heavy atom. The molecule has 0 saturated carbocycles. The number of hydrogen-bond donors (Lipinski definition) is 1. The van der Waals surface area contributed by atoms with Crippen LogP contribution >= 0.6 is 12.2 Å². The van der Waals surface area contributed by atoms with Gasteiger partial charge in [0.05, 0.1) is 11.6 Å². The maximum absolute atomic E-state index is 5.71. The number of ether oxygens (including phenoxy) is 1. The summed E-state index contributed by atoms with van der Waals surface area (Å²) in [6, 6.07) is 6.24. The van der Waals surface area contributed by atoms with Gasteiger partial charge in [-0.15, -0.1) is 0 Å². The summed E-state index contributed by atoms with van der Waals surface area (Å²) in [5.74, 6) is 1.84. The summed E-state index contributed by atoms with van der Waals surface area (Å²) in [7, 11) is 0. The van der Waals surface area contributed by atoms with Crippen molar-refractivity contribution in [1.29, 1.82) is 0 Å². The number of thiocarbonyl (C=S) groups is 1. The SMILES string of the molecule is Cc1cc(OCC(C)C)ccc1C(C)CC(N)=S. The molecule has 0 aliphatic rings. The third kappa shape index (κ3) is 4.65. The Hall–Kier alpha value is -1.09. The Labute approximate surface area is 116 Å². The fourth-order valence-corrected chi connectivity index (χ4v) is 2.22. The summed E-state index contributed by atoms with van der Waals surface area (Å²) >= 11 is 4.96. The zero-order chi connectivity index (χ0) is 13.7. The van der Waals surface area contributed by atoms with E-state index in [4.69, 9.17) is 22.7 Å². The van der Waals surface area contributed by atoms with Gasteiger partial charge in [0.1, 0.15) is 5.75 Å². The Morgan fingerprint density at radius 1 is 1.33 bits per heavy atom. The van der Waals surface area contributed by atoms with Gasteiger partial charge in [0.15, 0.2) is 0 Å². The maximum atomic E-state index is 5.71. The summed E-state index contributed by atoms with van der Waals surface area (Å²) in [4.78, 5) is 0.571. The largest absolute Gasteiger partial charge is 0.493 e. The third-order valence-electron chi connectivity index (χ3n) is 2.86. The van der Waals surface area contributed by atoms with E-state index >= 15 is 0 Å². The fourth-order valence-electron chi connectivity index (χ4n) is 1.97. The molecule has 1 atom stereocenters. The highest BCUT2D eigenvalue weighted by atomic mass is 32.1. The number of hydrogen-bond acceptors (Lipinski definition) is 2. The Bertz CT molecular complexity index is 415. The van der Waals surface area contributed by atoms with Crippen molar-refractivity contribution < 1.29 is 4.74 Å². The second kappa shape index (κ2) is 6.74. The normalized spacial score (nSPS) is 12.5. The highest BCUT2D eigenvalue weighted by Gasteiger charge is 2.10. The van der Waals surface area contributed by atoms with Crippen LogP contribution in [0.4, 0.5) is 0 Å². The molecule has 0 aromatic heterocycles. The van der Waals surface area contributed by atoms with E-state index in [0.29, 0.717) is 16.8 Å². The summed E-state index contributed by atoms with van der Waals surface area (Å²) in [6.45, 7) is 9.29. The van der Waals surface area contributed by atoms with Gasteiger partial charge >= 0.3 is 0 Å². The lowest BCUT2D eigenvalue weighted by molar-refractivity contribution is 0.271. The monoisotopic (exact) mass is 265 g/mol. The van der Waals surface area contributed by atoms with Crippen LogP contribution in [-0.2, 0) is 0 Å². The Balaban J connectivity index is 2.75. The molecule has 1 rings (SSSR count). The molecule has 0 saturated heterocycles. The predicted octanol–water partition coefficient (Wildman–Crippen LogP) is 3.81. The molecule has 18 heavy (non-hydrogen) atoms. The van der Waals surface area contributed by atoms with Crippen LogP contribution in [0.3, 0.4) is 0 Å². The minimum absolute atomic E-state index is 0.363. The molecule has 0 bridgehead atoms. The van der Waals surface area contributed by atoms with Crippen LogP contribution in [0.5, 0.6) is 5.75 Å². The van der Waals surface area contributed by atoms with Crippen molar-refractivity contribution in [1.82, 2.24) is 0 Å². The standard InChI is InChI=1S/C15H23NOS/c1-10(2)9-17-13-5-6-14(11(3)7-13)12(4)8-15(16)18/h5-7,10,12H,8-9H2,1-4H3,(H2,16,18). The molecule has 0 heterocycles. The van der Waals surface area contributed by atoms with E-state index in [-0.39, 0.29) is 0 Å². The Kier molecular flexibility index (Phi) is 5.60. The summed E-state index contributed by atoms with van der Waals surface area (Å²) in [5, 5.41) is 0. The summed E-state index contributed by atoms with van der Waals surface area (Å²) < 4.78 is 5.71. The lowest BCUT2D eigenvalue weighted by Gasteiger charge is -2.16. The van der Waals surface area contributed by atoms with E-state index in [2.05, 4.69) is 39.8 Å². The van der Waals surface area contributed by atoms with Crippen molar-refractivity contribution in [2.24, 2.45) is 11.7 Å². The molecule has 0 spiro atoms. The van der Waals surface area contributed by atoms with Gasteiger partial charge in [0.2, 0.25) is 0 Å². The van der Waals surface area contributed by atoms with E-state index in [1.54, 1.807) is 0 Å². The van der Waals surface area contributed by atoms with Gasteiger partial charge in [0, 0.05) is 6.42 Å². The van der Waals surface area contributed by atoms with Gasteiger partial charge in [-0.05, 0) is 42.0 Å². The second-order valence-electron chi connectivity index (χ2n) is 5.29. The zero-order valence-corrected chi connectivity index (χ0v) is 12.5. The lowest BCUT2D eigenvalue weighted by atomic mass is 9.93. The molecule has 0 radical (unpaired) electrons. The highest BCUT2D eigenvalue weighted by Crippen LogP contribution is 2.26. The first-order valence-corrected chi connectivity index (χ1v) is 6.82. The van der Waals surface area contributed by atoms with Crippen molar-refractivity contribution in [3.05, 3.63) is 29.3 Å². The van der Waals surface area contributed by atoms with Crippen LogP contribution in [0, 0.1) is 12.8 Å². The fraction of sp³-hybridized carbons (Fsp3) is 0.533. The topological polar surface area (TPSA) is 35.2 Å². The molecule has 0 aliphatic heterocycles. The second-order valence-corrected chi connectivity index (χ2v) is 5.82. The summed E-state index contributed by atoms with van der Waals surface area (Å²) in [5.41, 5.74) is 8.13. The molecule has 0 fully saturated rings. The average Bonchev–Trinajstić information content (AvgIpc) is 2.25. The van der Waals surface area contributed by atoms with E-state index < -0.39 is 0 Å². The van der Waals surface area contributed by atoms with Crippen LogP contribution < -0.4 is 10.5 Å². The first-order chi connectivity index (χ1) is 8.40. The maximum Gasteiger partial charge on any atom is 0.119 e. The minimum Gasteiger partial charge on any atom is -0.493 e. The van der Waals surface area contributed by atoms with Crippen LogP contribution in [0.25, 0.3) is 0 Å². The number of aryl methyl sites for hydroxylation is 1. The molecular weight excluding hydrogens is 242 g/mol. The molecule has 1 unspecified atom stereocenters. The molecule has 0 aliphatic carbocycles. The van der Waals surface area contributed by atoms with Crippen LogP contribution in [0.2, 0.25) is 0 Å². The van der Waals surface area contributed by atoms with Crippen LogP contribution in [0.1, 0.15) is 44.2 Å². The number of nitrogens with two attached hydrogens (primary N) is 1. The molecule has 1 aromatic rings. The van der Waals surface area contributed by atoms with Crippen molar-refractivity contribution >= 4 is 17.2 Å². The van der Waals surface area contributed by atoms with Crippen molar-refractivity contribution in [3.8, 4) is 5.75 Å². The molecule has 2 N–H and O–H groups in total. The zero-order valence-electron chi connectivity index (χ0n) is 11.7. The molecule has 2 nitrogen and oxygen atoms in total. The molecular formula is C15H23NOS. The average molecular weight is 265 g/mol. The molecule has 3 heteroatoms. The van der Waals surface area contributed by atoms with E-state index in [1.165, 1.54) is 11.1 Å². The van der Waals surface area contributed by atoms with E-state index in [1.807, 2.05) is 6.07 Å². The van der Waals surface area contributed by atoms with Gasteiger partial charge in [-0.2, -0.15) is 0 Å². The van der Waals surface area contributed by atoms with E-state index in [0.717, 1.165) is 18.8 Å². The van der Waals surface area contributed by atoms with Crippen molar-refractivity contribution in [3.63, 3.8) is 0 Å². The quantitative estimate of drug-likeness (QED) is 0.794. The molecule has 0 amide bonds. The molecule has 100 valence electrons. The van der Waals surface area contributed by atoms with Crippen LogP contribution in [0.15, 0.2) is 18.2 Å². The van der Waals surface area contributed by atoms with Gasteiger partial charge in [-0.1, -0.05) is 39.1 Å². The van der Waals surface area contributed by atoms with Crippen LogP contribution in [-0.4, -0.2) is 11.6 Å². The van der Waals surface area contributed by atoms with Gasteiger partial charge < -0.3 is 10.5 Å². The summed E-state index contributed by atoms with van der Waals surface area (Å²) in [6.07, 6.45) is 0.752. The van der Waals surface area contributed by atoms with Crippen molar-refractivity contribution in [2.45, 2.75) is 40.0 Å². The van der Waals surface area contributed by atoms with Gasteiger partial charge in [-0.25, -0.2) is 0 Å². The number of rotatable bonds is 6. The Morgan fingerprint density at radius 3 is 2.50 bits per heavy atom. The minimum atomic E-state index is 0.363. The van der Waals surface area contributed by atoms with Crippen molar-refractivity contribution in [2.75, 3.05) is 6.61 Å². The highest BCUT2D eigenvalue weighted by molar-refractivity contribution is 7.80. The van der Waals surface area contributed by atoms with E-state index in [9.17, 15) is 0 Å². The predicted molar refractivity (Wildman–Crippen MR) is 81.3 cm³/mol. The number of benzene rings is 1. The third-order valence-corrected chi connectivity index (χ3v) is 3.03. The first kappa shape index (κ1) is 15.0. The van der Waals surface area contributed by atoms with Gasteiger partial charge in [0.25, 0.3) is 0 Å². The van der Waals surface area contributed by atoms with Gasteiger partial charge in [-0.3, -0.25) is 0 Å². The smallest absolute Gasteiger partial charge is 0.119 e. The first-order valence-electron chi connectivity index (χ1n) is 6.41. The molecule has 1 aromatic carbocycles.